The van der Waals surface area contributed by atoms with Gasteiger partial charge in [-0.2, -0.15) is 0 Å². The summed E-state index contributed by atoms with van der Waals surface area (Å²) in [6.07, 6.45) is 0.469. The van der Waals surface area contributed by atoms with E-state index in [1.165, 1.54) is 4.90 Å². The van der Waals surface area contributed by atoms with Gasteiger partial charge in [0, 0.05) is 19.1 Å². The van der Waals surface area contributed by atoms with Crippen LogP contribution in [0, 0.1) is 0 Å². The van der Waals surface area contributed by atoms with Crippen molar-refractivity contribution in [2.45, 2.75) is 25.8 Å². The van der Waals surface area contributed by atoms with Gasteiger partial charge in [-0.25, -0.2) is 4.79 Å². The number of unbranched alkanes of at least 4 members (excludes halogenated alkanes) is 1. The Balaban J connectivity index is 1.67. The van der Waals surface area contributed by atoms with Crippen molar-refractivity contribution in [1.82, 2.24) is 15.5 Å². The lowest BCUT2D eigenvalue weighted by molar-refractivity contribution is 0.0651. The molecule has 0 aromatic heterocycles. The molecule has 1 aromatic rings. The minimum absolute atomic E-state index is 0.163. The van der Waals surface area contributed by atoms with Crippen LogP contribution in [0.25, 0.3) is 0 Å². The Morgan fingerprint density at radius 2 is 1.78 bits per heavy atom. The second-order valence-electron chi connectivity index (χ2n) is 5.57. The summed E-state index contributed by atoms with van der Waals surface area (Å²) in [5, 5.41) is 14.1. The van der Waals surface area contributed by atoms with E-state index >= 15 is 0 Å². The number of hydrogen-bond acceptors (Lipinski definition) is 4. The molecule has 2 rings (SSSR count). The van der Waals surface area contributed by atoms with Gasteiger partial charge in [-0.05, 0) is 38.4 Å². The molecule has 1 aliphatic heterocycles. The highest BCUT2D eigenvalue weighted by Gasteiger charge is 2.34. The fourth-order valence-corrected chi connectivity index (χ4v) is 2.54. The molecule has 0 aliphatic carbocycles. The number of nitrogens with zero attached hydrogens (tertiary/aromatic N) is 1. The first-order chi connectivity index (χ1) is 11.0. The van der Waals surface area contributed by atoms with Gasteiger partial charge in [-0.15, -0.1) is 0 Å². The molecule has 7 heteroatoms. The smallest absolute Gasteiger partial charge is 0.404 e. The summed E-state index contributed by atoms with van der Waals surface area (Å²) in [4.78, 5) is 36.0. The van der Waals surface area contributed by atoms with Gasteiger partial charge in [0.05, 0.1) is 11.1 Å². The van der Waals surface area contributed by atoms with E-state index in [9.17, 15) is 14.4 Å². The van der Waals surface area contributed by atoms with E-state index in [0.717, 1.165) is 6.42 Å². The summed E-state index contributed by atoms with van der Waals surface area (Å²) in [6, 6.07) is 6.69. The summed E-state index contributed by atoms with van der Waals surface area (Å²) in [5.41, 5.74) is 0.952. The lowest BCUT2D eigenvalue weighted by atomic mass is 10.1. The average Bonchev–Trinajstić information content (AvgIpc) is 2.75. The molecule has 1 aromatic carbocycles. The molecule has 1 heterocycles. The number of imide groups is 1. The van der Waals surface area contributed by atoms with Gasteiger partial charge >= 0.3 is 6.09 Å². The van der Waals surface area contributed by atoms with Gasteiger partial charge < -0.3 is 15.7 Å². The molecule has 0 spiro atoms. The Bertz CT molecular complexity index is 568. The van der Waals surface area contributed by atoms with Crippen molar-refractivity contribution in [2.75, 3.05) is 19.6 Å². The standard InChI is InChI=1S/C16H21N3O4/c1-11(18-16(22)23)10-17-8-4-5-9-19-14(20)12-6-2-3-7-13(12)15(19)21/h2-3,6-7,11,17-18H,4-5,8-10H2,1H3,(H,22,23)/t11-/m0/s1. The van der Waals surface area contributed by atoms with Crippen LogP contribution in [0.2, 0.25) is 0 Å². The number of carboxylic acid groups (broad SMARTS) is 1. The number of fused-ring (bicyclic) bond motifs is 1. The van der Waals surface area contributed by atoms with Gasteiger partial charge in [0.2, 0.25) is 0 Å². The van der Waals surface area contributed by atoms with E-state index in [0.29, 0.717) is 37.2 Å². The second kappa shape index (κ2) is 7.73. The Hall–Kier alpha value is -2.41. The van der Waals surface area contributed by atoms with E-state index in [1.54, 1.807) is 31.2 Å². The van der Waals surface area contributed by atoms with Crippen LogP contribution in [0.5, 0.6) is 0 Å². The molecule has 1 aliphatic rings. The second-order valence-corrected chi connectivity index (χ2v) is 5.57. The highest BCUT2D eigenvalue weighted by Crippen LogP contribution is 2.22. The Morgan fingerprint density at radius 1 is 1.17 bits per heavy atom. The maximum absolute atomic E-state index is 12.1. The van der Waals surface area contributed by atoms with Gasteiger partial charge in [-0.1, -0.05) is 12.1 Å². The summed E-state index contributed by atoms with van der Waals surface area (Å²) >= 11 is 0. The maximum Gasteiger partial charge on any atom is 0.404 e. The number of amides is 3. The number of benzene rings is 1. The summed E-state index contributed by atoms with van der Waals surface area (Å²) < 4.78 is 0. The van der Waals surface area contributed by atoms with Crippen molar-refractivity contribution >= 4 is 17.9 Å². The van der Waals surface area contributed by atoms with Gasteiger partial charge in [0.15, 0.2) is 0 Å². The first-order valence-corrected chi connectivity index (χ1v) is 7.66. The molecule has 0 saturated carbocycles. The SMILES string of the molecule is C[C@@H](CNCCCCN1C(=O)c2ccccc2C1=O)NC(=O)O. The van der Waals surface area contributed by atoms with Crippen molar-refractivity contribution in [3.05, 3.63) is 35.4 Å². The molecule has 1 atom stereocenters. The lowest BCUT2D eigenvalue weighted by Crippen LogP contribution is -2.39. The van der Waals surface area contributed by atoms with Crippen LogP contribution >= 0.6 is 0 Å². The fraction of sp³-hybridized carbons (Fsp3) is 0.438. The van der Waals surface area contributed by atoms with Crippen LogP contribution < -0.4 is 10.6 Å². The highest BCUT2D eigenvalue weighted by atomic mass is 16.4. The van der Waals surface area contributed by atoms with E-state index < -0.39 is 6.09 Å². The lowest BCUT2D eigenvalue weighted by Gasteiger charge is -2.14. The van der Waals surface area contributed by atoms with Crippen LogP contribution in [0.4, 0.5) is 4.79 Å². The third-order valence-corrected chi connectivity index (χ3v) is 3.68. The van der Waals surface area contributed by atoms with E-state index in [1.807, 2.05) is 0 Å². The van der Waals surface area contributed by atoms with Gasteiger partial charge in [-0.3, -0.25) is 14.5 Å². The largest absolute Gasteiger partial charge is 0.465 e. The minimum Gasteiger partial charge on any atom is -0.465 e. The normalized spacial score (nSPS) is 14.7. The molecule has 23 heavy (non-hydrogen) atoms. The Labute approximate surface area is 134 Å². The van der Waals surface area contributed by atoms with Crippen LogP contribution in [-0.4, -0.2) is 53.6 Å². The van der Waals surface area contributed by atoms with Gasteiger partial charge in [0.25, 0.3) is 11.8 Å². The van der Waals surface area contributed by atoms with Crippen molar-refractivity contribution in [1.29, 1.82) is 0 Å². The summed E-state index contributed by atoms with van der Waals surface area (Å²) in [6.45, 7) is 3.42. The molecule has 0 radical (unpaired) electrons. The molecular formula is C16H21N3O4. The van der Waals surface area contributed by atoms with Gasteiger partial charge in [0.1, 0.15) is 0 Å². The first-order valence-electron chi connectivity index (χ1n) is 7.66. The first kappa shape index (κ1) is 17.0. The number of hydrogen-bond donors (Lipinski definition) is 3. The highest BCUT2D eigenvalue weighted by molar-refractivity contribution is 6.21. The molecule has 0 saturated heterocycles. The van der Waals surface area contributed by atoms with Crippen molar-refractivity contribution in [3.8, 4) is 0 Å². The third kappa shape index (κ3) is 4.29. The quantitative estimate of drug-likeness (QED) is 0.496. The molecule has 124 valence electrons. The zero-order valence-corrected chi connectivity index (χ0v) is 13.0. The molecule has 7 nitrogen and oxygen atoms in total. The van der Waals surface area contributed by atoms with Crippen LogP contribution in [-0.2, 0) is 0 Å². The number of rotatable bonds is 8. The third-order valence-electron chi connectivity index (χ3n) is 3.68. The topological polar surface area (TPSA) is 98.7 Å². The molecule has 3 amide bonds. The van der Waals surface area contributed by atoms with E-state index in [4.69, 9.17) is 5.11 Å². The molecule has 3 N–H and O–H groups in total. The van der Waals surface area contributed by atoms with Crippen LogP contribution in [0.15, 0.2) is 24.3 Å². The van der Waals surface area contributed by atoms with Crippen LogP contribution in [0.3, 0.4) is 0 Å². The fourth-order valence-electron chi connectivity index (χ4n) is 2.54. The molecule has 0 unspecified atom stereocenters. The Morgan fingerprint density at radius 3 is 2.35 bits per heavy atom. The Kier molecular flexibility index (Phi) is 5.70. The van der Waals surface area contributed by atoms with Crippen molar-refractivity contribution < 1.29 is 19.5 Å². The molecule has 0 bridgehead atoms. The summed E-state index contributed by atoms with van der Waals surface area (Å²) in [7, 11) is 0. The molecule has 0 fully saturated rings. The predicted octanol–water partition coefficient (Wildman–Crippen LogP) is 1.31. The average molecular weight is 319 g/mol. The van der Waals surface area contributed by atoms with E-state index in [2.05, 4.69) is 10.6 Å². The maximum atomic E-state index is 12.1. The number of carbonyl (C=O) groups is 3. The minimum atomic E-state index is -1.04. The monoisotopic (exact) mass is 319 g/mol. The van der Waals surface area contributed by atoms with Crippen molar-refractivity contribution in [2.24, 2.45) is 0 Å². The van der Waals surface area contributed by atoms with Crippen molar-refractivity contribution in [3.63, 3.8) is 0 Å². The zero-order valence-electron chi connectivity index (χ0n) is 13.0. The molecular weight excluding hydrogens is 298 g/mol. The zero-order chi connectivity index (χ0) is 16.8. The number of nitrogens with one attached hydrogen (secondary N) is 2. The predicted molar refractivity (Wildman–Crippen MR) is 84.5 cm³/mol. The number of carbonyl (C=O) groups excluding carboxylic acids is 2. The van der Waals surface area contributed by atoms with Crippen LogP contribution in [0.1, 0.15) is 40.5 Å². The summed E-state index contributed by atoms with van der Waals surface area (Å²) in [5.74, 6) is -0.448. The van der Waals surface area contributed by atoms with E-state index in [-0.39, 0.29) is 17.9 Å².